The summed E-state index contributed by atoms with van der Waals surface area (Å²) < 4.78 is 0. The minimum Gasteiger partial charge on any atom is -0.262 e. The molecule has 6 heteroatoms. The summed E-state index contributed by atoms with van der Waals surface area (Å²) in [7, 11) is 0. The summed E-state index contributed by atoms with van der Waals surface area (Å²) in [6.07, 6.45) is 8.15. The van der Waals surface area contributed by atoms with Crippen LogP contribution in [0.3, 0.4) is 0 Å². The lowest BCUT2D eigenvalue weighted by atomic mass is 9.89. The number of hydrazone groups is 2. The van der Waals surface area contributed by atoms with Crippen LogP contribution in [0.4, 0.5) is 0 Å². The molecule has 122 valence electrons. The van der Waals surface area contributed by atoms with Gasteiger partial charge in [0.25, 0.3) is 0 Å². The van der Waals surface area contributed by atoms with E-state index >= 15 is 0 Å². The molecule has 2 N–H and O–H groups in total. The van der Waals surface area contributed by atoms with Crippen molar-refractivity contribution >= 4 is 23.2 Å². The Kier molecular flexibility index (Phi) is 6.10. The Morgan fingerprint density at radius 2 is 1.27 bits per heavy atom. The molecule has 2 atom stereocenters. The van der Waals surface area contributed by atoms with Crippen molar-refractivity contribution in [3.05, 3.63) is 0 Å². The highest BCUT2D eigenvalue weighted by atomic mass is 16.2. The van der Waals surface area contributed by atoms with Crippen LogP contribution in [-0.2, 0) is 9.59 Å². The molecule has 2 aliphatic rings. The SMILES string of the molecule is C[C@H]1CCC/C(=N/NC(=O)C(=O)N/N=C2/CCC[C@H](C)C2)C1. The first-order chi connectivity index (χ1) is 10.5. The second kappa shape index (κ2) is 8.06. The van der Waals surface area contributed by atoms with Crippen LogP contribution in [0.5, 0.6) is 0 Å². The van der Waals surface area contributed by atoms with Gasteiger partial charge in [-0.3, -0.25) is 9.59 Å². The Labute approximate surface area is 131 Å². The van der Waals surface area contributed by atoms with Gasteiger partial charge in [0.2, 0.25) is 0 Å². The molecule has 2 amide bonds. The van der Waals surface area contributed by atoms with Gasteiger partial charge in [0, 0.05) is 11.4 Å². The number of rotatable bonds is 2. The Morgan fingerprint density at radius 1 is 0.864 bits per heavy atom. The topological polar surface area (TPSA) is 82.9 Å². The zero-order valence-electron chi connectivity index (χ0n) is 13.5. The Balaban J connectivity index is 1.78. The van der Waals surface area contributed by atoms with Gasteiger partial charge in [-0.1, -0.05) is 13.8 Å². The maximum atomic E-state index is 11.7. The molecule has 0 aliphatic heterocycles. The average Bonchev–Trinajstić information content (AvgIpc) is 2.50. The van der Waals surface area contributed by atoms with Crippen LogP contribution in [0.15, 0.2) is 10.2 Å². The van der Waals surface area contributed by atoms with E-state index in [1.807, 2.05) is 0 Å². The van der Waals surface area contributed by atoms with E-state index in [9.17, 15) is 9.59 Å². The number of hydrogen-bond donors (Lipinski definition) is 2. The molecule has 2 rings (SSSR count). The van der Waals surface area contributed by atoms with Crippen molar-refractivity contribution < 1.29 is 9.59 Å². The molecule has 0 aromatic heterocycles. The van der Waals surface area contributed by atoms with Gasteiger partial charge in [0.1, 0.15) is 0 Å². The smallest absolute Gasteiger partial charge is 0.262 e. The second-order valence-corrected chi connectivity index (χ2v) is 6.64. The molecule has 0 bridgehead atoms. The minimum absolute atomic E-state index is 0.595. The van der Waals surface area contributed by atoms with Gasteiger partial charge in [0.05, 0.1) is 0 Å². The number of amides is 2. The molecule has 6 nitrogen and oxygen atoms in total. The zero-order chi connectivity index (χ0) is 15.9. The van der Waals surface area contributed by atoms with Crippen LogP contribution in [-0.4, -0.2) is 23.2 Å². The number of hydrogen-bond acceptors (Lipinski definition) is 4. The highest BCUT2D eigenvalue weighted by Gasteiger charge is 2.18. The Hall–Kier alpha value is -1.72. The molecule has 0 radical (unpaired) electrons. The van der Waals surface area contributed by atoms with Crippen LogP contribution in [0.25, 0.3) is 0 Å². The summed E-state index contributed by atoms with van der Waals surface area (Å²) in [5.74, 6) is -0.311. The first-order valence-corrected chi connectivity index (χ1v) is 8.25. The Morgan fingerprint density at radius 3 is 1.64 bits per heavy atom. The first kappa shape index (κ1) is 16.6. The second-order valence-electron chi connectivity index (χ2n) is 6.64. The van der Waals surface area contributed by atoms with Crippen molar-refractivity contribution in [2.24, 2.45) is 22.0 Å². The maximum Gasteiger partial charge on any atom is 0.331 e. The molecule has 0 saturated heterocycles. The molecule has 0 heterocycles. The standard InChI is InChI=1S/C16H26N4O2/c1-11-5-3-7-13(9-11)17-19-15(21)16(22)20-18-14-8-4-6-12(2)10-14/h11-12H,3-10H2,1-2H3,(H,19,21)(H,20,22)/b17-13-,18-14-/t11-,12-/m0/s1. The van der Waals surface area contributed by atoms with Crippen molar-refractivity contribution in [2.75, 3.05) is 0 Å². The average molecular weight is 306 g/mol. The summed E-state index contributed by atoms with van der Waals surface area (Å²) in [4.78, 5) is 23.4. The third-order valence-electron chi connectivity index (χ3n) is 4.33. The summed E-state index contributed by atoms with van der Waals surface area (Å²) in [5.41, 5.74) is 6.60. The zero-order valence-corrected chi connectivity index (χ0v) is 13.5. The quantitative estimate of drug-likeness (QED) is 0.606. The van der Waals surface area contributed by atoms with Crippen molar-refractivity contribution in [3.63, 3.8) is 0 Å². The number of carbonyl (C=O) groups excluding carboxylic acids is 2. The third-order valence-corrected chi connectivity index (χ3v) is 4.33. The van der Waals surface area contributed by atoms with Crippen LogP contribution in [0, 0.1) is 11.8 Å². The van der Waals surface area contributed by atoms with Crippen LogP contribution >= 0.6 is 0 Å². The van der Waals surface area contributed by atoms with E-state index < -0.39 is 11.8 Å². The van der Waals surface area contributed by atoms with E-state index in [2.05, 4.69) is 34.9 Å². The lowest BCUT2D eigenvalue weighted by Crippen LogP contribution is -2.36. The van der Waals surface area contributed by atoms with E-state index in [1.54, 1.807) is 0 Å². The van der Waals surface area contributed by atoms with Gasteiger partial charge in [-0.25, -0.2) is 10.9 Å². The summed E-state index contributed by atoms with van der Waals surface area (Å²) in [5, 5.41) is 8.14. The molecule has 0 spiro atoms. The monoisotopic (exact) mass is 306 g/mol. The molecule has 2 fully saturated rings. The molecule has 0 aromatic carbocycles. The summed E-state index contributed by atoms with van der Waals surface area (Å²) in [6.45, 7) is 4.34. The first-order valence-electron chi connectivity index (χ1n) is 8.25. The minimum atomic E-state index is -0.751. The fraction of sp³-hybridized carbons (Fsp3) is 0.750. The van der Waals surface area contributed by atoms with Crippen molar-refractivity contribution in [3.8, 4) is 0 Å². The summed E-state index contributed by atoms with van der Waals surface area (Å²) in [6, 6.07) is 0. The largest absolute Gasteiger partial charge is 0.331 e. The van der Waals surface area contributed by atoms with Crippen LogP contribution in [0.1, 0.15) is 65.2 Å². The normalized spacial score (nSPS) is 29.4. The van der Waals surface area contributed by atoms with E-state index in [1.165, 1.54) is 12.8 Å². The fourth-order valence-corrected chi connectivity index (χ4v) is 3.09. The van der Waals surface area contributed by atoms with Crippen LogP contribution < -0.4 is 10.9 Å². The van der Waals surface area contributed by atoms with E-state index in [0.717, 1.165) is 49.9 Å². The van der Waals surface area contributed by atoms with Crippen molar-refractivity contribution in [2.45, 2.75) is 65.2 Å². The van der Waals surface area contributed by atoms with Gasteiger partial charge in [-0.15, -0.1) is 0 Å². The molecule has 0 unspecified atom stereocenters. The van der Waals surface area contributed by atoms with Crippen LogP contribution in [0.2, 0.25) is 0 Å². The van der Waals surface area contributed by atoms with Gasteiger partial charge in [-0.2, -0.15) is 10.2 Å². The van der Waals surface area contributed by atoms with Crippen molar-refractivity contribution in [1.82, 2.24) is 10.9 Å². The van der Waals surface area contributed by atoms with E-state index in [0.29, 0.717) is 11.8 Å². The van der Waals surface area contributed by atoms with Crippen molar-refractivity contribution in [1.29, 1.82) is 0 Å². The number of carbonyl (C=O) groups is 2. The highest BCUT2D eigenvalue weighted by Crippen LogP contribution is 2.21. The maximum absolute atomic E-state index is 11.7. The fourth-order valence-electron chi connectivity index (χ4n) is 3.09. The molecule has 2 aliphatic carbocycles. The lowest BCUT2D eigenvalue weighted by molar-refractivity contribution is -0.139. The predicted octanol–water partition coefficient (Wildman–Crippen LogP) is 2.35. The van der Waals surface area contributed by atoms with Gasteiger partial charge >= 0.3 is 11.8 Å². The highest BCUT2D eigenvalue weighted by molar-refractivity contribution is 6.35. The third kappa shape index (κ3) is 5.24. The molecule has 22 heavy (non-hydrogen) atoms. The van der Waals surface area contributed by atoms with E-state index in [4.69, 9.17) is 0 Å². The van der Waals surface area contributed by atoms with Gasteiger partial charge in [0.15, 0.2) is 0 Å². The molecular weight excluding hydrogens is 280 g/mol. The Bertz CT molecular complexity index is 441. The molecular formula is C16H26N4O2. The molecule has 2 saturated carbocycles. The molecule has 0 aromatic rings. The van der Waals surface area contributed by atoms with Gasteiger partial charge in [-0.05, 0) is 63.2 Å². The number of nitrogens with one attached hydrogen (secondary N) is 2. The van der Waals surface area contributed by atoms with E-state index in [-0.39, 0.29) is 0 Å². The summed E-state index contributed by atoms with van der Waals surface area (Å²) >= 11 is 0. The van der Waals surface area contributed by atoms with Gasteiger partial charge < -0.3 is 0 Å². The predicted molar refractivity (Wildman–Crippen MR) is 86.4 cm³/mol. The lowest BCUT2D eigenvalue weighted by Gasteiger charge is -2.19. The number of nitrogens with zero attached hydrogens (tertiary/aromatic N) is 2.